The molecule has 0 fully saturated rings. The molecule has 1 atom stereocenters. The highest BCUT2D eigenvalue weighted by Crippen LogP contribution is 2.47. The van der Waals surface area contributed by atoms with Crippen molar-refractivity contribution in [2.75, 3.05) is 6.54 Å². The molecule has 5 rings (SSSR count). The summed E-state index contributed by atoms with van der Waals surface area (Å²) in [5, 5.41) is 2.04. The molecule has 1 aliphatic carbocycles. The fourth-order valence-electron chi connectivity index (χ4n) is 5.06. The maximum Gasteiger partial charge on any atom is 0.193 e. The molecule has 0 N–H and O–H groups in total. The molecule has 168 valence electrons. The summed E-state index contributed by atoms with van der Waals surface area (Å²) in [7, 11) is 0. The summed E-state index contributed by atoms with van der Waals surface area (Å²) in [4.78, 5) is 29.4. The van der Waals surface area contributed by atoms with Crippen molar-refractivity contribution in [1.82, 2.24) is 0 Å². The van der Waals surface area contributed by atoms with E-state index in [1.165, 1.54) is 11.1 Å². The average molecular weight is 446 g/mol. The van der Waals surface area contributed by atoms with E-state index in [4.69, 9.17) is 0 Å². The Kier molecular flexibility index (Phi) is 5.70. The van der Waals surface area contributed by atoms with Crippen LogP contribution in [0.25, 0.3) is 21.9 Å². The Hall–Kier alpha value is -3.85. The Morgan fingerprint density at radius 3 is 2.15 bits per heavy atom. The Labute approximate surface area is 200 Å². The van der Waals surface area contributed by atoms with Gasteiger partial charge in [-0.1, -0.05) is 73.7 Å². The molecule has 34 heavy (non-hydrogen) atoms. The van der Waals surface area contributed by atoms with Gasteiger partial charge < -0.3 is 0 Å². The smallest absolute Gasteiger partial charge is 0.193 e. The highest BCUT2D eigenvalue weighted by Gasteiger charge is 2.29. The molecule has 1 unspecified atom stereocenters. The highest BCUT2D eigenvalue weighted by molar-refractivity contribution is 6.17. The van der Waals surface area contributed by atoms with E-state index in [1.54, 1.807) is 6.92 Å². The Morgan fingerprint density at radius 1 is 0.794 bits per heavy atom. The summed E-state index contributed by atoms with van der Waals surface area (Å²) < 4.78 is 0. The first-order valence-electron chi connectivity index (χ1n) is 11.8. The van der Waals surface area contributed by atoms with E-state index in [0.29, 0.717) is 11.5 Å². The number of benzene rings is 4. The second-order valence-electron chi connectivity index (χ2n) is 9.02. The SMILES string of the molecule is CCC1c2ccc(C(=O)c3cccc4ccccc34)cc2-c2cc(C(C)=NCC(C)=O)ccc21. The third kappa shape index (κ3) is 3.77. The topological polar surface area (TPSA) is 46.5 Å². The Morgan fingerprint density at radius 2 is 1.44 bits per heavy atom. The molecule has 0 saturated carbocycles. The number of fused-ring (bicyclic) bond motifs is 4. The van der Waals surface area contributed by atoms with Crippen LogP contribution in [0.15, 0.2) is 83.9 Å². The molecular weight excluding hydrogens is 418 g/mol. The van der Waals surface area contributed by atoms with Crippen LogP contribution in [-0.4, -0.2) is 23.8 Å². The van der Waals surface area contributed by atoms with Gasteiger partial charge in [0.2, 0.25) is 0 Å². The molecule has 0 heterocycles. The minimum Gasteiger partial charge on any atom is -0.298 e. The molecule has 1 aliphatic rings. The van der Waals surface area contributed by atoms with Crippen LogP contribution in [0.5, 0.6) is 0 Å². The summed E-state index contributed by atoms with van der Waals surface area (Å²) in [6.45, 7) is 5.89. The predicted molar refractivity (Wildman–Crippen MR) is 139 cm³/mol. The monoisotopic (exact) mass is 445 g/mol. The van der Waals surface area contributed by atoms with Gasteiger partial charge in [0, 0.05) is 22.8 Å². The summed E-state index contributed by atoms with van der Waals surface area (Å²) in [6, 6.07) is 26.5. The van der Waals surface area contributed by atoms with E-state index in [-0.39, 0.29) is 18.1 Å². The average Bonchev–Trinajstić information content (AvgIpc) is 3.18. The number of ketones is 2. The van der Waals surface area contributed by atoms with Crippen LogP contribution in [0.1, 0.15) is 65.7 Å². The first kappa shape index (κ1) is 22.0. The lowest BCUT2D eigenvalue weighted by Crippen LogP contribution is -2.03. The van der Waals surface area contributed by atoms with E-state index >= 15 is 0 Å². The summed E-state index contributed by atoms with van der Waals surface area (Å²) in [6.07, 6.45) is 0.993. The van der Waals surface area contributed by atoms with E-state index in [2.05, 4.69) is 42.2 Å². The van der Waals surface area contributed by atoms with Gasteiger partial charge in [0.1, 0.15) is 0 Å². The maximum atomic E-state index is 13.6. The molecule has 0 bridgehead atoms. The number of hydrogen-bond donors (Lipinski definition) is 0. The van der Waals surface area contributed by atoms with Crippen LogP contribution in [-0.2, 0) is 4.79 Å². The van der Waals surface area contributed by atoms with Crippen molar-refractivity contribution in [1.29, 1.82) is 0 Å². The van der Waals surface area contributed by atoms with Crippen LogP contribution < -0.4 is 0 Å². The molecule has 0 saturated heterocycles. The number of carbonyl (C=O) groups is 2. The van der Waals surface area contributed by atoms with Gasteiger partial charge in [-0.25, -0.2) is 0 Å². The number of nitrogens with zero attached hydrogens (tertiary/aromatic N) is 1. The Balaban J connectivity index is 1.60. The first-order valence-corrected chi connectivity index (χ1v) is 11.8. The third-order valence-electron chi connectivity index (χ3n) is 6.81. The number of rotatable bonds is 6. The van der Waals surface area contributed by atoms with Crippen molar-refractivity contribution in [3.8, 4) is 11.1 Å². The van der Waals surface area contributed by atoms with Crippen molar-refractivity contribution in [2.45, 2.75) is 33.1 Å². The van der Waals surface area contributed by atoms with Crippen LogP contribution in [0.3, 0.4) is 0 Å². The number of aliphatic imine (C=N–C) groups is 1. The van der Waals surface area contributed by atoms with Crippen molar-refractivity contribution in [3.63, 3.8) is 0 Å². The fourth-order valence-corrected chi connectivity index (χ4v) is 5.06. The van der Waals surface area contributed by atoms with E-state index in [9.17, 15) is 9.59 Å². The van der Waals surface area contributed by atoms with Gasteiger partial charge >= 0.3 is 0 Å². The quantitative estimate of drug-likeness (QED) is 0.237. The van der Waals surface area contributed by atoms with Crippen LogP contribution in [0.4, 0.5) is 0 Å². The van der Waals surface area contributed by atoms with E-state index in [0.717, 1.165) is 45.2 Å². The van der Waals surface area contributed by atoms with Gasteiger partial charge in [-0.15, -0.1) is 0 Å². The standard InChI is InChI=1S/C31H27NO2/c1-4-24-26-14-12-22(20(3)32-18-19(2)33)16-29(26)30-17-23(13-15-27(24)30)31(34)28-11-7-9-21-8-5-6-10-25(21)28/h5-17,24H,4,18H2,1-3H3. The number of carbonyl (C=O) groups excluding carboxylic acids is 2. The van der Waals surface area contributed by atoms with Crippen LogP contribution in [0, 0.1) is 0 Å². The van der Waals surface area contributed by atoms with E-state index < -0.39 is 0 Å². The lowest BCUT2D eigenvalue weighted by Gasteiger charge is -2.11. The predicted octanol–water partition coefficient (Wildman–Crippen LogP) is 6.99. The van der Waals surface area contributed by atoms with Gasteiger partial charge in [0.25, 0.3) is 0 Å². The zero-order valence-electron chi connectivity index (χ0n) is 19.8. The first-order chi connectivity index (χ1) is 16.5. The zero-order chi connectivity index (χ0) is 23.8. The molecule has 0 aromatic heterocycles. The van der Waals surface area contributed by atoms with E-state index in [1.807, 2.05) is 55.5 Å². The largest absolute Gasteiger partial charge is 0.298 e. The molecule has 4 aromatic rings. The van der Waals surface area contributed by atoms with Crippen molar-refractivity contribution >= 4 is 28.1 Å². The van der Waals surface area contributed by atoms with Gasteiger partial charge in [-0.3, -0.25) is 14.6 Å². The molecule has 0 amide bonds. The normalized spacial score (nSPS) is 14.7. The Bertz CT molecular complexity index is 1470. The van der Waals surface area contributed by atoms with Crippen LogP contribution >= 0.6 is 0 Å². The van der Waals surface area contributed by atoms with Gasteiger partial charge in [0.15, 0.2) is 11.6 Å². The zero-order valence-corrected chi connectivity index (χ0v) is 19.8. The molecule has 4 aromatic carbocycles. The minimum absolute atomic E-state index is 0.0384. The molecule has 0 aliphatic heterocycles. The molecule has 3 nitrogen and oxygen atoms in total. The third-order valence-corrected chi connectivity index (χ3v) is 6.81. The molecule has 0 spiro atoms. The number of Topliss-reactive ketones (excluding diaryl/α,β-unsaturated/α-hetero) is 1. The summed E-state index contributed by atoms with van der Waals surface area (Å²) in [5.41, 5.74) is 8.11. The van der Waals surface area contributed by atoms with Crippen molar-refractivity contribution in [3.05, 3.63) is 107 Å². The minimum atomic E-state index is 0.0384. The van der Waals surface area contributed by atoms with Gasteiger partial charge in [-0.05, 0) is 71.0 Å². The summed E-state index contributed by atoms with van der Waals surface area (Å²) in [5.74, 6) is 0.403. The van der Waals surface area contributed by atoms with Crippen molar-refractivity contribution in [2.24, 2.45) is 4.99 Å². The highest BCUT2D eigenvalue weighted by atomic mass is 16.1. The fraction of sp³-hybridized carbons (Fsp3) is 0.194. The lowest BCUT2D eigenvalue weighted by atomic mass is 9.92. The molecule has 3 heteroatoms. The maximum absolute atomic E-state index is 13.6. The number of hydrogen-bond acceptors (Lipinski definition) is 3. The molecular formula is C31H27NO2. The second-order valence-corrected chi connectivity index (χ2v) is 9.02. The summed E-state index contributed by atoms with van der Waals surface area (Å²) >= 11 is 0. The lowest BCUT2D eigenvalue weighted by molar-refractivity contribution is -0.115. The second kappa shape index (κ2) is 8.83. The van der Waals surface area contributed by atoms with Crippen LogP contribution in [0.2, 0.25) is 0 Å². The van der Waals surface area contributed by atoms with Crippen molar-refractivity contribution < 1.29 is 9.59 Å². The van der Waals surface area contributed by atoms with Gasteiger partial charge in [-0.2, -0.15) is 0 Å². The molecule has 0 radical (unpaired) electrons. The van der Waals surface area contributed by atoms with Gasteiger partial charge in [0.05, 0.1) is 6.54 Å².